The number of carbonyl (C=O) groups excluding carboxylic acids is 3. The van der Waals surface area contributed by atoms with E-state index in [0.29, 0.717) is 52.0 Å². The van der Waals surface area contributed by atoms with Crippen LogP contribution in [0, 0.1) is 5.92 Å². The predicted octanol–water partition coefficient (Wildman–Crippen LogP) is 1.12. The third-order valence-corrected chi connectivity index (χ3v) is 5.32. The molecular weight excluding hydrogens is 334 g/mol. The second kappa shape index (κ2) is 9.90. The van der Waals surface area contributed by atoms with E-state index in [0.717, 1.165) is 19.4 Å². The highest BCUT2D eigenvalue weighted by Crippen LogP contribution is 2.21. The maximum Gasteiger partial charge on any atom is 0.227 e. The van der Waals surface area contributed by atoms with E-state index < -0.39 is 0 Å². The highest BCUT2D eigenvalue weighted by molar-refractivity contribution is 5.84. The van der Waals surface area contributed by atoms with E-state index in [2.05, 4.69) is 0 Å². The number of nitrogens with zero attached hydrogens (tertiary/aromatic N) is 3. The second-order valence-electron chi connectivity index (χ2n) is 7.53. The average molecular weight is 367 g/mol. The van der Waals surface area contributed by atoms with E-state index in [1.807, 2.05) is 23.6 Å². The summed E-state index contributed by atoms with van der Waals surface area (Å²) in [5.74, 6) is 0.313. The first-order chi connectivity index (χ1) is 12.4. The van der Waals surface area contributed by atoms with Crippen LogP contribution in [0.25, 0.3) is 0 Å². The smallest absolute Gasteiger partial charge is 0.227 e. The Morgan fingerprint density at radius 1 is 1.19 bits per heavy atom. The van der Waals surface area contributed by atoms with E-state index in [-0.39, 0.29) is 29.7 Å². The number of methoxy groups -OCH3 is 1. The van der Waals surface area contributed by atoms with E-state index in [4.69, 9.17) is 4.74 Å². The molecule has 148 valence electrons. The molecule has 0 bridgehead atoms. The van der Waals surface area contributed by atoms with Crippen LogP contribution in [0.4, 0.5) is 0 Å². The summed E-state index contributed by atoms with van der Waals surface area (Å²) in [5.41, 5.74) is 0. The van der Waals surface area contributed by atoms with Crippen LogP contribution in [0.1, 0.15) is 46.0 Å². The van der Waals surface area contributed by atoms with Crippen molar-refractivity contribution in [3.05, 3.63) is 0 Å². The largest absolute Gasteiger partial charge is 0.383 e. The van der Waals surface area contributed by atoms with Crippen LogP contribution in [-0.4, -0.2) is 84.9 Å². The van der Waals surface area contributed by atoms with Crippen LogP contribution in [0.5, 0.6) is 0 Å². The van der Waals surface area contributed by atoms with Gasteiger partial charge in [0.2, 0.25) is 17.7 Å². The molecule has 2 heterocycles. The molecule has 1 unspecified atom stereocenters. The summed E-state index contributed by atoms with van der Waals surface area (Å²) >= 11 is 0. The van der Waals surface area contributed by atoms with Crippen LogP contribution in [0.3, 0.4) is 0 Å². The number of piperidine rings is 1. The molecule has 3 amide bonds. The molecule has 26 heavy (non-hydrogen) atoms. The topological polar surface area (TPSA) is 70.2 Å². The van der Waals surface area contributed by atoms with Crippen LogP contribution < -0.4 is 0 Å². The minimum Gasteiger partial charge on any atom is -0.383 e. The van der Waals surface area contributed by atoms with Crippen molar-refractivity contribution in [1.82, 2.24) is 14.7 Å². The summed E-state index contributed by atoms with van der Waals surface area (Å²) in [7, 11) is 1.63. The Morgan fingerprint density at radius 3 is 2.50 bits per heavy atom. The molecule has 7 heteroatoms. The molecule has 0 aliphatic carbocycles. The normalized spacial score (nSPS) is 21.0. The molecule has 0 aromatic rings. The Balaban J connectivity index is 1.86. The van der Waals surface area contributed by atoms with Crippen molar-refractivity contribution in [3.8, 4) is 0 Å². The molecule has 2 aliphatic heterocycles. The summed E-state index contributed by atoms with van der Waals surface area (Å²) in [6, 6.07) is 0.116. The molecule has 0 saturated carbocycles. The lowest BCUT2D eigenvalue weighted by molar-refractivity contribution is -0.144. The predicted molar refractivity (Wildman–Crippen MR) is 98.5 cm³/mol. The van der Waals surface area contributed by atoms with Gasteiger partial charge in [0.1, 0.15) is 0 Å². The van der Waals surface area contributed by atoms with Crippen molar-refractivity contribution in [2.45, 2.75) is 52.0 Å². The van der Waals surface area contributed by atoms with E-state index in [9.17, 15) is 14.4 Å². The van der Waals surface area contributed by atoms with Crippen molar-refractivity contribution in [1.29, 1.82) is 0 Å². The van der Waals surface area contributed by atoms with E-state index in [1.165, 1.54) is 0 Å². The minimum atomic E-state index is -0.139. The van der Waals surface area contributed by atoms with Gasteiger partial charge in [-0.15, -0.1) is 0 Å². The highest BCUT2D eigenvalue weighted by Gasteiger charge is 2.33. The fourth-order valence-corrected chi connectivity index (χ4v) is 3.77. The molecule has 0 radical (unpaired) electrons. The lowest BCUT2D eigenvalue weighted by Crippen LogP contribution is -2.50. The van der Waals surface area contributed by atoms with Crippen molar-refractivity contribution < 1.29 is 19.1 Å². The van der Waals surface area contributed by atoms with Crippen molar-refractivity contribution >= 4 is 17.7 Å². The van der Waals surface area contributed by atoms with Crippen LogP contribution in [0.2, 0.25) is 0 Å². The lowest BCUT2D eigenvalue weighted by Gasteiger charge is -2.36. The Labute approximate surface area is 156 Å². The second-order valence-corrected chi connectivity index (χ2v) is 7.53. The van der Waals surface area contributed by atoms with Gasteiger partial charge in [-0.2, -0.15) is 0 Å². The third kappa shape index (κ3) is 5.43. The molecule has 0 aromatic heterocycles. The standard InChI is InChI=1S/C19H33N3O4/c1-15(2)22(12-13-26-3)19(25)16-7-8-18(24)21(14-16)11-5-10-20-9-4-6-17(20)23/h15-16H,4-14H2,1-3H3. The van der Waals surface area contributed by atoms with Crippen LogP contribution in [0.15, 0.2) is 0 Å². The Hall–Kier alpha value is -1.63. The fraction of sp³-hybridized carbons (Fsp3) is 0.842. The number of carbonyl (C=O) groups is 3. The summed E-state index contributed by atoms with van der Waals surface area (Å²) in [6.45, 7) is 7.74. The van der Waals surface area contributed by atoms with Crippen molar-refractivity contribution in [2.75, 3.05) is 46.4 Å². The monoisotopic (exact) mass is 367 g/mol. The quantitative estimate of drug-likeness (QED) is 0.612. The molecule has 0 aromatic carbocycles. The summed E-state index contributed by atoms with van der Waals surface area (Å²) < 4.78 is 5.12. The molecular formula is C19H33N3O4. The van der Waals surface area contributed by atoms with Gasteiger partial charge in [-0.25, -0.2) is 0 Å². The van der Waals surface area contributed by atoms with Gasteiger partial charge in [0.05, 0.1) is 12.5 Å². The first kappa shape index (κ1) is 20.7. The van der Waals surface area contributed by atoms with Gasteiger partial charge in [-0.1, -0.05) is 0 Å². The zero-order valence-corrected chi connectivity index (χ0v) is 16.4. The Kier molecular flexibility index (Phi) is 7.87. The summed E-state index contributed by atoms with van der Waals surface area (Å²) in [4.78, 5) is 42.3. The SMILES string of the molecule is COCCN(C(=O)C1CCC(=O)N(CCCN2CCCC2=O)C1)C(C)C. The summed E-state index contributed by atoms with van der Waals surface area (Å²) in [6.07, 6.45) is 3.40. The number of ether oxygens (including phenoxy) is 1. The zero-order chi connectivity index (χ0) is 19.1. The highest BCUT2D eigenvalue weighted by atomic mass is 16.5. The molecule has 1 atom stereocenters. The maximum absolute atomic E-state index is 12.9. The first-order valence-corrected chi connectivity index (χ1v) is 9.79. The van der Waals surface area contributed by atoms with Crippen molar-refractivity contribution in [3.63, 3.8) is 0 Å². The molecule has 2 rings (SSSR count). The Bertz CT molecular complexity index is 509. The van der Waals surface area contributed by atoms with Gasteiger partial charge in [0, 0.05) is 58.7 Å². The van der Waals surface area contributed by atoms with Crippen molar-refractivity contribution in [2.24, 2.45) is 5.92 Å². The lowest BCUT2D eigenvalue weighted by atomic mass is 9.95. The van der Waals surface area contributed by atoms with Gasteiger partial charge in [0.15, 0.2) is 0 Å². The maximum atomic E-state index is 12.9. The van der Waals surface area contributed by atoms with E-state index >= 15 is 0 Å². The third-order valence-electron chi connectivity index (χ3n) is 5.32. The summed E-state index contributed by atoms with van der Waals surface area (Å²) in [5, 5.41) is 0. The average Bonchev–Trinajstić information content (AvgIpc) is 3.01. The van der Waals surface area contributed by atoms with E-state index in [1.54, 1.807) is 12.0 Å². The molecule has 0 spiro atoms. The number of amides is 3. The first-order valence-electron chi connectivity index (χ1n) is 9.79. The molecule has 0 N–H and O–H groups in total. The molecule has 2 aliphatic rings. The Morgan fingerprint density at radius 2 is 1.88 bits per heavy atom. The van der Waals surface area contributed by atoms with Gasteiger partial charge in [-0.05, 0) is 33.1 Å². The van der Waals surface area contributed by atoms with Crippen LogP contribution in [-0.2, 0) is 19.1 Å². The molecule has 2 fully saturated rings. The molecule has 2 saturated heterocycles. The number of likely N-dealkylation sites (tertiary alicyclic amines) is 2. The number of hydrogen-bond acceptors (Lipinski definition) is 4. The van der Waals surface area contributed by atoms with Crippen LogP contribution >= 0.6 is 0 Å². The number of rotatable bonds is 9. The minimum absolute atomic E-state index is 0.115. The molecule has 7 nitrogen and oxygen atoms in total. The van der Waals surface area contributed by atoms with Gasteiger partial charge in [-0.3, -0.25) is 14.4 Å². The zero-order valence-electron chi connectivity index (χ0n) is 16.4. The number of hydrogen-bond donors (Lipinski definition) is 0. The fourth-order valence-electron chi connectivity index (χ4n) is 3.77. The van der Waals surface area contributed by atoms with Gasteiger partial charge < -0.3 is 19.4 Å². The van der Waals surface area contributed by atoms with Gasteiger partial charge in [0.25, 0.3) is 0 Å². The van der Waals surface area contributed by atoms with Gasteiger partial charge >= 0.3 is 0 Å².